The molecule has 96 valence electrons. The minimum atomic E-state index is -0.0647. The van der Waals surface area contributed by atoms with Crippen LogP contribution in [0.15, 0.2) is 0 Å². The zero-order chi connectivity index (χ0) is 12.4. The molecule has 0 spiro atoms. The molecule has 0 aromatic rings. The molecule has 16 heavy (non-hydrogen) atoms. The van der Waals surface area contributed by atoms with Crippen molar-refractivity contribution in [3.8, 4) is 0 Å². The predicted molar refractivity (Wildman–Crippen MR) is 67.4 cm³/mol. The Morgan fingerprint density at radius 3 is 2.44 bits per heavy atom. The van der Waals surface area contributed by atoms with Crippen LogP contribution >= 0.6 is 0 Å². The van der Waals surface area contributed by atoms with Crippen LogP contribution in [0.2, 0.25) is 0 Å². The van der Waals surface area contributed by atoms with E-state index in [-0.39, 0.29) is 5.97 Å². The van der Waals surface area contributed by atoms with Gasteiger partial charge >= 0.3 is 5.97 Å². The molecule has 3 nitrogen and oxygen atoms in total. The zero-order valence-corrected chi connectivity index (χ0v) is 11.3. The van der Waals surface area contributed by atoms with E-state index in [1.165, 1.54) is 0 Å². The second-order valence-corrected chi connectivity index (χ2v) is 5.35. The summed E-state index contributed by atoms with van der Waals surface area (Å²) in [6.07, 6.45) is 3.73. The molecule has 0 aliphatic heterocycles. The summed E-state index contributed by atoms with van der Waals surface area (Å²) >= 11 is 0. The maximum absolute atomic E-state index is 11.0. The minimum Gasteiger partial charge on any atom is -0.466 e. The summed E-state index contributed by atoms with van der Waals surface area (Å²) in [7, 11) is 0. The SMILES string of the molecule is CCOC(=O)CCCCCNCC(C)(C)C. The molecule has 0 bridgehead atoms. The van der Waals surface area contributed by atoms with Gasteiger partial charge in [0.05, 0.1) is 6.61 Å². The van der Waals surface area contributed by atoms with Crippen molar-refractivity contribution in [3.05, 3.63) is 0 Å². The number of rotatable bonds is 8. The second-order valence-electron chi connectivity index (χ2n) is 5.35. The number of nitrogens with one attached hydrogen (secondary N) is 1. The van der Waals surface area contributed by atoms with E-state index >= 15 is 0 Å². The first-order chi connectivity index (χ1) is 7.45. The maximum Gasteiger partial charge on any atom is 0.305 e. The van der Waals surface area contributed by atoms with Gasteiger partial charge in [0.15, 0.2) is 0 Å². The van der Waals surface area contributed by atoms with Crippen LogP contribution in [0.1, 0.15) is 53.4 Å². The molecule has 0 aromatic carbocycles. The zero-order valence-electron chi connectivity index (χ0n) is 11.3. The van der Waals surface area contributed by atoms with Gasteiger partial charge in [0.2, 0.25) is 0 Å². The van der Waals surface area contributed by atoms with Crippen molar-refractivity contribution in [1.82, 2.24) is 5.32 Å². The Morgan fingerprint density at radius 1 is 1.19 bits per heavy atom. The number of ether oxygens (including phenoxy) is 1. The van der Waals surface area contributed by atoms with Crippen LogP contribution in [0.5, 0.6) is 0 Å². The van der Waals surface area contributed by atoms with Crippen LogP contribution in [0.25, 0.3) is 0 Å². The molecule has 0 fully saturated rings. The van der Waals surface area contributed by atoms with Gasteiger partial charge in [-0.15, -0.1) is 0 Å². The largest absolute Gasteiger partial charge is 0.466 e. The fraction of sp³-hybridized carbons (Fsp3) is 0.923. The summed E-state index contributed by atoms with van der Waals surface area (Å²) < 4.78 is 4.86. The highest BCUT2D eigenvalue weighted by atomic mass is 16.5. The molecule has 1 N–H and O–H groups in total. The van der Waals surface area contributed by atoms with E-state index in [1.54, 1.807) is 0 Å². The number of esters is 1. The summed E-state index contributed by atoms with van der Waals surface area (Å²) in [6.45, 7) is 11.1. The first-order valence-electron chi connectivity index (χ1n) is 6.32. The fourth-order valence-electron chi connectivity index (χ4n) is 1.39. The van der Waals surface area contributed by atoms with Gasteiger partial charge in [-0.3, -0.25) is 4.79 Å². The van der Waals surface area contributed by atoms with Crippen LogP contribution in [0.3, 0.4) is 0 Å². The van der Waals surface area contributed by atoms with E-state index in [2.05, 4.69) is 26.1 Å². The molecule has 0 aliphatic rings. The molecule has 0 aliphatic carbocycles. The molecule has 3 heteroatoms. The second kappa shape index (κ2) is 8.57. The predicted octanol–water partition coefficient (Wildman–Crippen LogP) is 2.75. The Bertz CT molecular complexity index is 185. The van der Waals surface area contributed by atoms with Crippen molar-refractivity contribution in [1.29, 1.82) is 0 Å². The van der Waals surface area contributed by atoms with Gasteiger partial charge in [-0.05, 0) is 38.3 Å². The van der Waals surface area contributed by atoms with Gasteiger partial charge in [0, 0.05) is 6.42 Å². The van der Waals surface area contributed by atoms with Crippen molar-refractivity contribution in [3.63, 3.8) is 0 Å². The molecule has 0 radical (unpaired) electrons. The van der Waals surface area contributed by atoms with Crippen LogP contribution in [0.4, 0.5) is 0 Å². The van der Waals surface area contributed by atoms with Crippen molar-refractivity contribution in [2.24, 2.45) is 5.41 Å². The lowest BCUT2D eigenvalue weighted by Gasteiger charge is -2.18. The molecule has 0 heterocycles. The maximum atomic E-state index is 11.0. The first-order valence-corrected chi connectivity index (χ1v) is 6.32. The highest BCUT2D eigenvalue weighted by molar-refractivity contribution is 5.69. The molecule has 0 unspecified atom stereocenters. The Hall–Kier alpha value is -0.570. The molecule has 0 amide bonds. The average Bonchev–Trinajstić information content (AvgIpc) is 2.15. The highest BCUT2D eigenvalue weighted by Crippen LogP contribution is 2.10. The number of hydrogen-bond acceptors (Lipinski definition) is 3. The van der Waals surface area contributed by atoms with E-state index in [1.807, 2.05) is 6.92 Å². The third kappa shape index (κ3) is 11.5. The Morgan fingerprint density at radius 2 is 1.88 bits per heavy atom. The molecular formula is C13H27NO2. The van der Waals surface area contributed by atoms with Gasteiger partial charge in [-0.25, -0.2) is 0 Å². The molecule has 0 atom stereocenters. The number of carbonyl (C=O) groups is 1. The molecule has 0 saturated heterocycles. The van der Waals surface area contributed by atoms with Crippen LogP contribution < -0.4 is 5.32 Å². The lowest BCUT2D eigenvalue weighted by Crippen LogP contribution is -2.27. The molecule has 0 aromatic heterocycles. The quantitative estimate of drug-likeness (QED) is 0.514. The Balaban J connectivity index is 3.19. The highest BCUT2D eigenvalue weighted by Gasteiger charge is 2.08. The van der Waals surface area contributed by atoms with Gasteiger partial charge in [0.1, 0.15) is 0 Å². The molecule has 0 saturated carbocycles. The summed E-state index contributed by atoms with van der Waals surface area (Å²) in [5.74, 6) is -0.0647. The van der Waals surface area contributed by atoms with E-state index < -0.39 is 0 Å². The van der Waals surface area contributed by atoms with Crippen LogP contribution in [0, 0.1) is 5.41 Å². The normalized spacial score (nSPS) is 11.5. The Labute approximate surface area is 99.9 Å². The standard InChI is InChI=1S/C13H27NO2/c1-5-16-12(15)9-7-6-8-10-14-11-13(2,3)4/h14H,5-11H2,1-4H3. The van der Waals surface area contributed by atoms with Gasteiger partial charge in [-0.1, -0.05) is 27.2 Å². The lowest BCUT2D eigenvalue weighted by molar-refractivity contribution is -0.143. The van der Waals surface area contributed by atoms with Crippen molar-refractivity contribution < 1.29 is 9.53 Å². The minimum absolute atomic E-state index is 0.0647. The van der Waals surface area contributed by atoms with E-state index in [0.29, 0.717) is 18.4 Å². The summed E-state index contributed by atoms with van der Waals surface area (Å²) in [6, 6.07) is 0. The van der Waals surface area contributed by atoms with Crippen molar-refractivity contribution in [2.75, 3.05) is 19.7 Å². The number of hydrogen-bond donors (Lipinski definition) is 1. The number of unbranched alkanes of at least 4 members (excludes halogenated alkanes) is 2. The molecule has 0 rings (SSSR count). The van der Waals surface area contributed by atoms with Crippen LogP contribution in [-0.4, -0.2) is 25.7 Å². The summed E-state index contributed by atoms with van der Waals surface area (Å²) in [5.41, 5.74) is 0.352. The smallest absolute Gasteiger partial charge is 0.305 e. The van der Waals surface area contributed by atoms with Crippen molar-refractivity contribution in [2.45, 2.75) is 53.4 Å². The molecular weight excluding hydrogens is 202 g/mol. The van der Waals surface area contributed by atoms with E-state index in [9.17, 15) is 4.79 Å². The Kier molecular flexibility index (Phi) is 8.26. The van der Waals surface area contributed by atoms with Gasteiger partial charge < -0.3 is 10.1 Å². The third-order valence-corrected chi connectivity index (χ3v) is 2.20. The number of carbonyl (C=O) groups excluding carboxylic acids is 1. The van der Waals surface area contributed by atoms with E-state index in [4.69, 9.17) is 4.74 Å². The van der Waals surface area contributed by atoms with Gasteiger partial charge in [-0.2, -0.15) is 0 Å². The van der Waals surface area contributed by atoms with Crippen molar-refractivity contribution >= 4 is 5.97 Å². The van der Waals surface area contributed by atoms with Crippen LogP contribution in [-0.2, 0) is 9.53 Å². The fourth-order valence-corrected chi connectivity index (χ4v) is 1.39. The topological polar surface area (TPSA) is 38.3 Å². The summed E-state index contributed by atoms with van der Waals surface area (Å²) in [4.78, 5) is 11.0. The lowest BCUT2D eigenvalue weighted by atomic mass is 9.97. The monoisotopic (exact) mass is 229 g/mol. The van der Waals surface area contributed by atoms with E-state index in [0.717, 1.165) is 32.4 Å². The van der Waals surface area contributed by atoms with Gasteiger partial charge in [0.25, 0.3) is 0 Å². The summed E-state index contributed by atoms with van der Waals surface area (Å²) in [5, 5.41) is 3.42. The third-order valence-electron chi connectivity index (χ3n) is 2.20. The average molecular weight is 229 g/mol. The first kappa shape index (κ1) is 15.4.